The van der Waals surface area contributed by atoms with Gasteiger partial charge in [-0.3, -0.25) is 4.57 Å². The fourth-order valence-electron chi connectivity index (χ4n) is 10.4. The molecule has 3 heterocycles. The molecule has 12 aromatic rings. The minimum Gasteiger partial charge on any atom is -0.510 e. The van der Waals surface area contributed by atoms with Crippen molar-refractivity contribution in [2.75, 3.05) is 0 Å². The van der Waals surface area contributed by atoms with Gasteiger partial charge in [0.05, 0.1) is 16.7 Å². The summed E-state index contributed by atoms with van der Waals surface area (Å²) in [5, 5.41) is 3.44. The van der Waals surface area contributed by atoms with Gasteiger partial charge in [0, 0.05) is 54.1 Å². The largest absolute Gasteiger partial charge is 0.510 e. The molecule has 71 heavy (non-hydrogen) atoms. The first kappa shape index (κ1) is 40.7. The number of nitrogens with zero attached hydrogens (tertiary/aromatic N) is 4. The van der Waals surface area contributed by atoms with E-state index < -0.39 is 6.85 Å². The topological polar surface area (TPSA) is 35.9 Å². The molecular weight excluding hydrogens is 1050 g/mol. The normalized spacial score (nSPS) is 12.6. The first-order chi connectivity index (χ1) is 35.5. The van der Waals surface area contributed by atoms with E-state index in [0.29, 0.717) is 17.2 Å². The van der Waals surface area contributed by atoms with Crippen LogP contribution >= 0.6 is 0 Å². The van der Waals surface area contributed by atoms with Gasteiger partial charge in [0.2, 0.25) is 0 Å². The first-order valence-electron chi connectivity index (χ1n) is 25.1. The predicted molar refractivity (Wildman–Crippen MR) is 284 cm³/mol. The van der Waals surface area contributed by atoms with Crippen molar-refractivity contribution in [3.63, 3.8) is 0 Å². The van der Waals surface area contributed by atoms with Gasteiger partial charge in [0.25, 0.3) is 6.33 Å². The van der Waals surface area contributed by atoms with Gasteiger partial charge in [-0.2, -0.15) is 18.2 Å². The van der Waals surface area contributed by atoms with Crippen LogP contribution in [0.15, 0.2) is 206 Å². The third-order valence-electron chi connectivity index (χ3n) is 13.6. The van der Waals surface area contributed by atoms with E-state index in [1.807, 2.05) is 108 Å². The van der Waals surface area contributed by atoms with Crippen LogP contribution in [0.1, 0.15) is 36.0 Å². The molecule has 5 nitrogen and oxygen atoms in total. The van der Waals surface area contributed by atoms with E-state index in [0.717, 1.165) is 89.2 Å². The second-order valence-electron chi connectivity index (χ2n) is 19.0. The van der Waals surface area contributed by atoms with Crippen LogP contribution in [-0.2, 0) is 26.5 Å². The van der Waals surface area contributed by atoms with Crippen LogP contribution in [0.4, 0.5) is 0 Å². The van der Waals surface area contributed by atoms with Crippen LogP contribution in [0.3, 0.4) is 0 Å². The van der Waals surface area contributed by atoms with E-state index >= 15 is 0 Å². The maximum absolute atomic E-state index is 8.65. The fourth-order valence-corrected chi connectivity index (χ4v) is 10.4. The second-order valence-corrected chi connectivity index (χ2v) is 19.0. The van der Waals surface area contributed by atoms with Crippen molar-refractivity contribution < 1.29 is 34.5 Å². The zero-order valence-electron chi connectivity index (χ0n) is 42.1. The number of hydrogen-bond acceptors (Lipinski definition) is 2. The molecule has 0 bridgehead atoms. The summed E-state index contributed by atoms with van der Waals surface area (Å²) < 4.78 is 39.0. The number of aryl methyl sites for hydroxylation is 1. The maximum Gasteiger partial charge on any atom is 0.268 e. The molecule has 0 atom stereocenters. The zero-order chi connectivity index (χ0) is 49.6. The third-order valence-corrected chi connectivity index (χ3v) is 13.6. The Bertz CT molecular complexity index is 4150. The Kier molecular flexibility index (Phi) is 9.98. The van der Waals surface area contributed by atoms with E-state index in [1.54, 1.807) is 0 Å². The molecule has 0 radical (unpaired) electrons. The monoisotopic (exact) mass is 1100 g/mol. The number of pyridine rings is 1. The van der Waals surface area contributed by atoms with E-state index in [1.165, 1.54) is 16.3 Å². The predicted octanol–water partition coefficient (Wildman–Crippen LogP) is 15.8. The molecule has 9 aromatic carbocycles. The number of hydrogen-bond donors (Lipinski definition) is 0. The average Bonchev–Trinajstić information content (AvgIpc) is 3.93. The Morgan fingerprint density at radius 3 is 2.08 bits per heavy atom. The van der Waals surface area contributed by atoms with Gasteiger partial charge in [-0.15, -0.1) is 29.7 Å². The summed E-state index contributed by atoms with van der Waals surface area (Å²) in [6, 6.07) is 75.3. The summed E-state index contributed by atoms with van der Waals surface area (Å²) >= 11 is 0. The van der Waals surface area contributed by atoms with Gasteiger partial charge in [0.15, 0.2) is 0 Å². The summed E-state index contributed by atoms with van der Waals surface area (Å²) in [4.78, 5) is 4.92. The van der Waals surface area contributed by atoms with Gasteiger partial charge < -0.3 is 13.9 Å². The molecular formula is C65H46N4OPt-2. The van der Waals surface area contributed by atoms with Gasteiger partial charge in [-0.05, 0) is 90.9 Å². The molecule has 0 saturated carbocycles. The second kappa shape index (κ2) is 17.4. The zero-order valence-corrected chi connectivity index (χ0v) is 41.4. The summed E-state index contributed by atoms with van der Waals surface area (Å²) in [6.45, 7) is 4.21. The Labute approximate surface area is 432 Å². The number of imidazole rings is 1. The molecule has 3 aromatic heterocycles. The number of ether oxygens (including phenoxy) is 1. The van der Waals surface area contributed by atoms with Crippen molar-refractivity contribution in [1.29, 1.82) is 0 Å². The number of benzene rings is 9. The summed E-state index contributed by atoms with van der Waals surface area (Å²) in [5.41, 5.74) is 15.5. The van der Waals surface area contributed by atoms with Gasteiger partial charge in [-0.25, -0.2) is 4.98 Å². The van der Waals surface area contributed by atoms with Crippen molar-refractivity contribution in [1.82, 2.24) is 14.1 Å². The molecule has 13 rings (SSSR count). The molecule has 0 aliphatic heterocycles. The number of para-hydroxylation sites is 2. The molecule has 0 spiro atoms. The minimum absolute atomic E-state index is 0. The number of rotatable bonds is 7. The maximum atomic E-state index is 8.65. The Morgan fingerprint density at radius 1 is 0.592 bits per heavy atom. The van der Waals surface area contributed by atoms with Crippen molar-refractivity contribution in [3.8, 4) is 84.5 Å². The Hall–Kier alpha value is -8.11. The van der Waals surface area contributed by atoms with E-state index in [9.17, 15) is 0 Å². The Balaban J connectivity index is 0.00000556. The molecule has 6 heteroatoms. The molecule has 0 saturated heterocycles. The Morgan fingerprint density at radius 2 is 1.28 bits per heavy atom. The summed E-state index contributed by atoms with van der Waals surface area (Å²) in [6.07, 6.45) is 5.56. The van der Waals surface area contributed by atoms with Crippen LogP contribution in [0.2, 0.25) is 0 Å². The first-order valence-corrected chi connectivity index (χ1v) is 23.6. The fraction of sp³-hybridized carbons (Fsp3) is 0.0769. The molecule has 0 unspecified atom stereocenters. The summed E-state index contributed by atoms with van der Waals surface area (Å²) in [5.74, 6) is 1.80. The van der Waals surface area contributed by atoms with Crippen molar-refractivity contribution in [3.05, 3.63) is 236 Å². The van der Waals surface area contributed by atoms with E-state index in [4.69, 9.17) is 13.8 Å². The molecule has 1 aliphatic rings. The van der Waals surface area contributed by atoms with Crippen LogP contribution in [0.25, 0.3) is 106 Å². The minimum atomic E-state index is -2.36. The van der Waals surface area contributed by atoms with E-state index in [2.05, 4.69) is 151 Å². The quantitative estimate of drug-likeness (QED) is 0.118. The van der Waals surface area contributed by atoms with Gasteiger partial charge in [-0.1, -0.05) is 190 Å². The molecule has 1 aliphatic carbocycles. The number of aromatic nitrogens is 4. The van der Waals surface area contributed by atoms with Crippen molar-refractivity contribution >= 4 is 32.7 Å². The molecule has 0 amide bonds. The third kappa shape index (κ3) is 7.43. The van der Waals surface area contributed by atoms with Gasteiger partial charge in [0.1, 0.15) is 5.82 Å². The average molecular weight is 1100 g/mol. The van der Waals surface area contributed by atoms with Crippen molar-refractivity contribution in [2.45, 2.75) is 33.0 Å². The van der Waals surface area contributed by atoms with Crippen LogP contribution < -0.4 is 9.30 Å². The van der Waals surface area contributed by atoms with Crippen LogP contribution in [-0.4, -0.2) is 14.1 Å². The summed E-state index contributed by atoms with van der Waals surface area (Å²) in [7, 11) is 0. The molecule has 0 N–H and O–H groups in total. The van der Waals surface area contributed by atoms with Crippen LogP contribution in [0, 0.1) is 25.3 Å². The smallest absolute Gasteiger partial charge is 0.268 e. The number of fused-ring (bicyclic) bond motifs is 8. The van der Waals surface area contributed by atoms with Gasteiger partial charge >= 0.3 is 0 Å². The van der Waals surface area contributed by atoms with Crippen LogP contribution in [0.5, 0.6) is 11.5 Å². The standard InChI is InChI=1S/C65H46N4O.Pt/c1-42-36-55(43-18-6-5-7-19-43)63(56(37-42)45-22-14-23-46(38-45)65(2,3)4)68-41-67(57-30-10-11-31-58(57)68)47-24-17-25-48(39-47)70-49-33-34-53-59(40-49)69(60-32-12-13-35-66-60)64-52-27-9-8-26-50(52)51-28-15-20-44-21-16-29-54(61(44)51)62(53)64;/h5-38H,1-4H3;/q-2;/i1D3;. The van der Waals surface area contributed by atoms with Crippen molar-refractivity contribution in [2.24, 2.45) is 0 Å². The molecule has 0 fully saturated rings. The van der Waals surface area contributed by atoms with E-state index in [-0.39, 0.29) is 32.0 Å². The SMILES string of the molecule is [2H]C([2H])([2H])c1cc(-c2ccccc2)c(-[n+]2[c-]n(-c3[c-]c(Oc4[c-]c5c(cc4)c4c(n5-c5ccccn5)-c5ccccc5-c5cccc6cccc-4c56)ccc3)c3ccccc32)c(-c2cccc(C(C)(C)C)c2)c1.[Pt]. The molecule has 344 valence electrons.